The maximum absolute atomic E-state index is 13.0. The zero-order chi connectivity index (χ0) is 64.7. The van der Waals surface area contributed by atoms with Crippen LogP contribution in [0.5, 0.6) is 0 Å². The molecule has 0 bridgehead atoms. The molecule has 0 saturated carbocycles. The fourth-order valence-corrected chi connectivity index (χ4v) is 11.7. The van der Waals surface area contributed by atoms with Crippen LogP contribution in [-0.2, 0) is 65.4 Å². The van der Waals surface area contributed by atoms with E-state index < -0.39 is 97.5 Å². The van der Waals surface area contributed by atoms with Crippen molar-refractivity contribution in [1.82, 2.24) is 0 Å². The number of phosphoric ester groups is 2. The first kappa shape index (κ1) is 85.1. The maximum atomic E-state index is 13.0. The van der Waals surface area contributed by atoms with Crippen LogP contribution in [0.3, 0.4) is 0 Å². The Labute approximate surface area is 530 Å². The van der Waals surface area contributed by atoms with Crippen molar-refractivity contribution in [3.05, 3.63) is 0 Å². The predicted molar refractivity (Wildman–Crippen MR) is 349 cm³/mol. The normalized spacial score (nSPS) is 15.0. The molecular weight excluding hydrogens is 1150 g/mol. The van der Waals surface area contributed by atoms with Crippen LogP contribution in [0.1, 0.15) is 331 Å². The quantitative estimate of drug-likeness (QED) is 0.0222. The molecule has 0 aromatic heterocycles. The number of rotatable bonds is 65. The van der Waals surface area contributed by atoms with Gasteiger partial charge < -0.3 is 33.8 Å². The highest BCUT2D eigenvalue weighted by molar-refractivity contribution is 7.47. The van der Waals surface area contributed by atoms with Gasteiger partial charge in [-0.1, -0.05) is 280 Å². The van der Waals surface area contributed by atoms with E-state index in [0.29, 0.717) is 37.5 Å². The van der Waals surface area contributed by atoms with E-state index in [9.17, 15) is 43.2 Å². The van der Waals surface area contributed by atoms with Gasteiger partial charge in [0.1, 0.15) is 19.3 Å². The summed E-state index contributed by atoms with van der Waals surface area (Å²) in [6.45, 7) is 14.0. The van der Waals surface area contributed by atoms with E-state index in [2.05, 4.69) is 55.4 Å². The van der Waals surface area contributed by atoms with Gasteiger partial charge in [0, 0.05) is 25.7 Å². The molecule has 0 fully saturated rings. The summed E-state index contributed by atoms with van der Waals surface area (Å²) in [4.78, 5) is 72.3. The van der Waals surface area contributed by atoms with Crippen LogP contribution < -0.4 is 0 Å². The Morgan fingerprint density at radius 1 is 0.322 bits per heavy atom. The molecule has 19 heteroatoms. The Kier molecular flexibility index (Phi) is 56.6. The van der Waals surface area contributed by atoms with Gasteiger partial charge in [0.2, 0.25) is 0 Å². The summed E-state index contributed by atoms with van der Waals surface area (Å²) in [6.07, 6.45) is 39.2. The van der Waals surface area contributed by atoms with Crippen LogP contribution >= 0.6 is 15.6 Å². The molecule has 0 aliphatic heterocycles. The first-order valence-electron chi connectivity index (χ1n) is 35.3. The van der Waals surface area contributed by atoms with E-state index in [1.165, 1.54) is 122 Å². The van der Waals surface area contributed by atoms with Crippen molar-refractivity contribution >= 4 is 39.5 Å². The molecule has 87 heavy (non-hydrogen) atoms. The fourth-order valence-electron chi connectivity index (χ4n) is 10.1. The Hall–Kier alpha value is -1.94. The van der Waals surface area contributed by atoms with Crippen molar-refractivity contribution in [3.63, 3.8) is 0 Å². The number of ether oxygens (including phenoxy) is 4. The number of aliphatic hydroxyl groups is 1. The zero-order valence-corrected chi connectivity index (χ0v) is 58.4. The lowest BCUT2D eigenvalue weighted by molar-refractivity contribution is -0.161. The largest absolute Gasteiger partial charge is 0.472 e. The summed E-state index contributed by atoms with van der Waals surface area (Å²) in [6, 6.07) is 0. The third-order valence-corrected chi connectivity index (χ3v) is 18.2. The number of carbonyl (C=O) groups is 4. The fraction of sp³-hybridized carbons (Fsp3) is 0.941. The third kappa shape index (κ3) is 60.1. The van der Waals surface area contributed by atoms with Crippen molar-refractivity contribution in [2.24, 2.45) is 23.7 Å². The van der Waals surface area contributed by atoms with Gasteiger partial charge >= 0.3 is 39.5 Å². The number of phosphoric acid groups is 2. The molecular formula is C68H132O17P2. The molecule has 4 unspecified atom stereocenters. The Balaban J connectivity index is 5.20. The van der Waals surface area contributed by atoms with E-state index in [-0.39, 0.29) is 25.7 Å². The molecule has 0 radical (unpaired) electrons. The molecule has 0 aliphatic rings. The summed E-state index contributed by atoms with van der Waals surface area (Å²) < 4.78 is 68.1. The van der Waals surface area contributed by atoms with Gasteiger partial charge in [-0.05, 0) is 49.4 Å². The smallest absolute Gasteiger partial charge is 0.462 e. The highest BCUT2D eigenvalue weighted by Crippen LogP contribution is 2.45. The van der Waals surface area contributed by atoms with E-state index in [1.807, 2.05) is 0 Å². The molecule has 0 spiro atoms. The predicted octanol–water partition coefficient (Wildman–Crippen LogP) is 18.9. The SMILES string of the molecule is CCC(C)CCCCCCCCCCCCCCCCC(=O)O[C@H](COC(=O)CCCCCCCCC(C)C)COP(=O)(O)OC[C@H](O)COP(=O)(O)OC[C@@H](COC(=O)CCCCCCCCCC(C)C)OC(=O)CCCCCCCCC(C)CC. The molecule has 0 amide bonds. The second kappa shape index (κ2) is 57.9. The molecule has 3 N–H and O–H groups in total. The average molecular weight is 1280 g/mol. The van der Waals surface area contributed by atoms with Crippen molar-refractivity contribution in [1.29, 1.82) is 0 Å². The number of esters is 4. The van der Waals surface area contributed by atoms with Crippen LogP contribution in [0.2, 0.25) is 0 Å². The lowest BCUT2D eigenvalue weighted by Gasteiger charge is -2.21. The van der Waals surface area contributed by atoms with Crippen molar-refractivity contribution < 1.29 is 80.2 Å². The number of hydrogen-bond acceptors (Lipinski definition) is 15. The van der Waals surface area contributed by atoms with Crippen molar-refractivity contribution in [3.8, 4) is 0 Å². The maximum Gasteiger partial charge on any atom is 0.472 e. The van der Waals surface area contributed by atoms with Gasteiger partial charge in [0.25, 0.3) is 0 Å². The first-order chi connectivity index (χ1) is 41.7. The standard InChI is InChI=1S/C68H132O17P2/c1-9-60(7)46-38-30-21-17-15-13-11-12-14-16-18-22-34-42-50-67(72)84-63(55-79-66(71)49-41-33-26-24-29-37-45-59(5)6)56-82-86(74,75)80-52-62(69)53-81-87(76,77)83-57-64(85-68(73)51-43-35-27-25-31-39-47-61(8)10-2)54-78-65(70)48-40-32-23-19-20-28-36-44-58(3)4/h58-64,69H,9-57H2,1-8H3,(H,74,75)(H,76,77)/t60?,61?,62-,63+,64+/m0/s1. The lowest BCUT2D eigenvalue weighted by atomic mass is 9.99. The van der Waals surface area contributed by atoms with Crippen LogP contribution in [0.25, 0.3) is 0 Å². The van der Waals surface area contributed by atoms with E-state index in [1.54, 1.807) is 0 Å². The van der Waals surface area contributed by atoms with Crippen LogP contribution in [-0.4, -0.2) is 96.7 Å². The van der Waals surface area contributed by atoms with Gasteiger partial charge in [-0.2, -0.15) is 0 Å². The monoisotopic (exact) mass is 1280 g/mol. The molecule has 7 atom stereocenters. The summed E-state index contributed by atoms with van der Waals surface area (Å²) in [5.74, 6) is 0.813. The topological polar surface area (TPSA) is 237 Å². The number of carbonyl (C=O) groups excluding carboxylic acids is 4. The second-order valence-corrected chi connectivity index (χ2v) is 28.9. The summed E-state index contributed by atoms with van der Waals surface area (Å²) >= 11 is 0. The molecule has 0 aromatic rings. The average Bonchev–Trinajstić information content (AvgIpc) is 3.61. The minimum absolute atomic E-state index is 0.102. The van der Waals surface area contributed by atoms with Crippen molar-refractivity contribution in [2.75, 3.05) is 39.6 Å². The summed E-state index contributed by atoms with van der Waals surface area (Å²) in [5, 5.41) is 10.6. The third-order valence-electron chi connectivity index (χ3n) is 16.3. The van der Waals surface area contributed by atoms with E-state index in [0.717, 1.165) is 115 Å². The molecule has 0 heterocycles. The summed E-state index contributed by atoms with van der Waals surface area (Å²) in [5.41, 5.74) is 0. The molecule has 0 saturated heterocycles. The lowest BCUT2D eigenvalue weighted by Crippen LogP contribution is -2.30. The molecule has 0 aliphatic carbocycles. The van der Waals surface area contributed by atoms with E-state index in [4.69, 9.17) is 37.0 Å². The first-order valence-corrected chi connectivity index (χ1v) is 38.3. The van der Waals surface area contributed by atoms with Gasteiger partial charge in [0.05, 0.1) is 26.4 Å². The molecule has 17 nitrogen and oxygen atoms in total. The van der Waals surface area contributed by atoms with E-state index >= 15 is 0 Å². The van der Waals surface area contributed by atoms with Crippen LogP contribution in [0, 0.1) is 23.7 Å². The highest BCUT2D eigenvalue weighted by atomic mass is 31.2. The Morgan fingerprint density at radius 2 is 0.552 bits per heavy atom. The highest BCUT2D eigenvalue weighted by Gasteiger charge is 2.30. The number of aliphatic hydroxyl groups excluding tert-OH is 1. The zero-order valence-electron chi connectivity index (χ0n) is 56.6. The minimum atomic E-state index is -4.95. The van der Waals surface area contributed by atoms with Crippen LogP contribution in [0.15, 0.2) is 0 Å². The molecule has 0 rings (SSSR count). The van der Waals surface area contributed by atoms with Gasteiger partial charge in [-0.25, -0.2) is 9.13 Å². The second-order valence-electron chi connectivity index (χ2n) is 26.0. The van der Waals surface area contributed by atoms with Crippen LogP contribution in [0.4, 0.5) is 0 Å². The molecule has 516 valence electrons. The van der Waals surface area contributed by atoms with Gasteiger partial charge in [-0.3, -0.25) is 37.3 Å². The Bertz CT molecular complexity index is 1730. The van der Waals surface area contributed by atoms with Crippen molar-refractivity contribution in [2.45, 2.75) is 350 Å². The molecule has 0 aromatic carbocycles. The number of hydrogen-bond donors (Lipinski definition) is 3. The summed E-state index contributed by atoms with van der Waals surface area (Å²) in [7, 11) is -9.90. The Morgan fingerprint density at radius 3 is 0.816 bits per heavy atom. The van der Waals surface area contributed by atoms with Gasteiger partial charge in [-0.15, -0.1) is 0 Å². The number of unbranched alkanes of at least 4 members (excludes halogenated alkanes) is 29. The minimum Gasteiger partial charge on any atom is -0.462 e. The van der Waals surface area contributed by atoms with Gasteiger partial charge in [0.15, 0.2) is 12.2 Å².